The van der Waals surface area contributed by atoms with Crippen molar-refractivity contribution in [1.29, 1.82) is 0 Å². The first kappa shape index (κ1) is 21.0. The van der Waals surface area contributed by atoms with Crippen LogP contribution in [0.25, 0.3) is 0 Å². The summed E-state index contributed by atoms with van der Waals surface area (Å²) in [6.07, 6.45) is 0. The first-order valence-electron chi connectivity index (χ1n) is 10.4. The maximum absolute atomic E-state index is 13.2. The largest absolute Gasteiger partial charge is 0.486 e. The van der Waals surface area contributed by atoms with Gasteiger partial charge in [-0.3, -0.25) is 4.79 Å². The number of hydrogen-bond donors (Lipinski definition) is 1. The molecule has 2 aromatic rings. The Balaban J connectivity index is 1.28. The van der Waals surface area contributed by atoms with Gasteiger partial charge in [0.25, 0.3) is 5.91 Å². The van der Waals surface area contributed by atoms with Crippen molar-refractivity contribution in [2.45, 2.75) is 17.4 Å². The van der Waals surface area contributed by atoms with E-state index in [1.165, 1.54) is 23.4 Å². The average Bonchev–Trinajstić information content (AvgIpc) is 3.39. The molecule has 0 aliphatic carbocycles. The first-order chi connectivity index (χ1) is 15.3. The third-order valence-corrected chi connectivity index (χ3v) is 7.98. The average molecular weight is 457 g/mol. The Kier molecular flexibility index (Phi) is 4.99. The van der Waals surface area contributed by atoms with E-state index < -0.39 is 15.6 Å². The van der Waals surface area contributed by atoms with E-state index in [0.29, 0.717) is 43.4 Å². The number of amides is 1. The molecule has 3 aliphatic heterocycles. The van der Waals surface area contributed by atoms with Gasteiger partial charge in [-0.25, -0.2) is 8.42 Å². The maximum Gasteiger partial charge on any atom is 0.259 e. The van der Waals surface area contributed by atoms with Crippen LogP contribution < -0.4 is 9.47 Å². The van der Waals surface area contributed by atoms with E-state index in [2.05, 4.69) is 0 Å². The minimum Gasteiger partial charge on any atom is -0.486 e. The molecule has 32 heavy (non-hydrogen) atoms. The number of aliphatic hydroxyl groups is 1. The number of fused-ring (bicyclic) bond motifs is 1. The van der Waals surface area contributed by atoms with Crippen molar-refractivity contribution in [2.24, 2.45) is 0 Å². The second kappa shape index (κ2) is 7.61. The van der Waals surface area contributed by atoms with E-state index in [1.807, 2.05) is 6.07 Å². The van der Waals surface area contributed by atoms with Gasteiger partial charge in [0.1, 0.15) is 13.2 Å². The van der Waals surface area contributed by atoms with Crippen molar-refractivity contribution in [3.05, 3.63) is 65.2 Å². The van der Waals surface area contributed by atoms with Gasteiger partial charge in [0, 0.05) is 32.2 Å². The SMILES string of the molecule is C[C@](O)(C(=O)N1CC2=C(C1)CN(S(=O)(=O)c1ccc3c(c1)OCCO3)C2)c1ccccc1. The van der Waals surface area contributed by atoms with Gasteiger partial charge in [0.15, 0.2) is 17.1 Å². The number of hydrogen-bond acceptors (Lipinski definition) is 6. The molecule has 0 aromatic heterocycles. The van der Waals surface area contributed by atoms with Gasteiger partial charge in [-0.1, -0.05) is 30.3 Å². The number of sulfonamides is 1. The van der Waals surface area contributed by atoms with Crippen molar-refractivity contribution in [2.75, 3.05) is 39.4 Å². The Labute approximate surface area is 186 Å². The zero-order valence-corrected chi connectivity index (χ0v) is 18.5. The molecule has 0 spiro atoms. The van der Waals surface area contributed by atoms with Crippen LogP contribution in [0.5, 0.6) is 11.5 Å². The van der Waals surface area contributed by atoms with Crippen LogP contribution >= 0.6 is 0 Å². The summed E-state index contributed by atoms with van der Waals surface area (Å²) in [5.41, 5.74) is 0.698. The lowest BCUT2D eigenvalue weighted by atomic mass is 9.94. The van der Waals surface area contributed by atoms with Crippen molar-refractivity contribution in [3.8, 4) is 11.5 Å². The summed E-state index contributed by atoms with van der Waals surface area (Å²) < 4.78 is 38.8. The molecule has 9 heteroatoms. The molecule has 0 saturated carbocycles. The lowest BCUT2D eigenvalue weighted by Crippen LogP contribution is -2.45. The predicted molar refractivity (Wildman–Crippen MR) is 116 cm³/mol. The highest BCUT2D eigenvalue weighted by atomic mass is 32.2. The Morgan fingerprint density at radius 3 is 2.22 bits per heavy atom. The fourth-order valence-corrected chi connectivity index (χ4v) is 5.83. The predicted octanol–water partition coefficient (Wildman–Crippen LogP) is 1.51. The summed E-state index contributed by atoms with van der Waals surface area (Å²) in [4.78, 5) is 14.8. The van der Waals surface area contributed by atoms with Gasteiger partial charge in [-0.2, -0.15) is 4.31 Å². The summed E-state index contributed by atoms with van der Waals surface area (Å²) in [7, 11) is -3.72. The first-order valence-corrected chi connectivity index (χ1v) is 11.9. The van der Waals surface area contributed by atoms with Crippen LogP contribution in [0, 0.1) is 0 Å². The molecule has 1 atom stereocenters. The van der Waals surface area contributed by atoms with Crippen molar-refractivity contribution < 1.29 is 27.8 Å². The van der Waals surface area contributed by atoms with Crippen LogP contribution in [0.3, 0.4) is 0 Å². The number of ether oxygens (including phenoxy) is 2. The fourth-order valence-electron chi connectivity index (χ4n) is 4.39. The Bertz CT molecular complexity index is 1190. The van der Waals surface area contributed by atoms with Crippen LogP contribution in [-0.4, -0.2) is 68.0 Å². The zero-order valence-electron chi connectivity index (χ0n) is 17.7. The molecule has 0 bridgehead atoms. The minimum absolute atomic E-state index is 0.155. The molecule has 1 N–H and O–H groups in total. The van der Waals surface area contributed by atoms with E-state index in [9.17, 15) is 18.3 Å². The third kappa shape index (κ3) is 3.46. The zero-order chi connectivity index (χ0) is 22.5. The molecule has 2 aromatic carbocycles. The van der Waals surface area contributed by atoms with Crippen LogP contribution in [0.2, 0.25) is 0 Å². The molecule has 0 saturated heterocycles. The second-order valence-electron chi connectivity index (χ2n) is 8.39. The van der Waals surface area contributed by atoms with Crippen LogP contribution in [-0.2, 0) is 20.4 Å². The van der Waals surface area contributed by atoms with Crippen molar-refractivity contribution in [1.82, 2.24) is 9.21 Å². The highest BCUT2D eigenvalue weighted by Crippen LogP contribution is 2.36. The van der Waals surface area contributed by atoms with Gasteiger partial charge in [0.2, 0.25) is 10.0 Å². The second-order valence-corrected chi connectivity index (χ2v) is 10.3. The van der Waals surface area contributed by atoms with Gasteiger partial charge < -0.3 is 19.5 Å². The number of rotatable bonds is 4. The Hall–Kier alpha value is -2.88. The number of benzene rings is 2. The maximum atomic E-state index is 13.2. The highest BCUT2D eigenvalue weighted by molar-refractivity contribution is 7.89. The highest BCUT2D eigenvalue weighted by Gasteiger charge is 2.42. The molecular weight excluding hydrogens is 432 g/mol. The normalized spacial score (nSPS) is 20.2. The summed E-state index contributed by atoms with van der Waals surface area (Å²) in [5.74, 6) is 0.577. The smallest absolute Gasteiger partial charge is 0.259 e. The van der Waals surface area contributed by atoms with Crippen LogP contribution in [0.4, 0.5) is 0 Å². The summed E-state index contributed by atoms with van der Waals surface area (Å²) in [6, 6.07) is 13.5. The molecule has 3 heterocycles. The molecule has 0 unspecified atom stereocenters. The van der Waals surface area contributed by atoms with Gasteiger partial charge in [0.05, 0.1) is 4.90 Å². The van der Waals surface area contributed by atoms with Crippen molar-refractivity contribution >= 4 is 15.9 Å². The summed E-state index contributed by atoms with van der Waals surface area (Å²) in [6.45, 7) is 3.38. The van der Waals surface area contributed by atoms with E-state index in [-0.39, 0.29) is 23.9 Å². The van der Waals surface area contributed by atoms with Crippen LogP contribution in [0.1, 0.15) is 12.5 Å². The van der Waals surface area contributed by atoms with E-state index in [1.54, 1.807) is 35.2 Å². The van der Waals surface area contributed by atoms with Crippen molar-refractivity contribution in [3.63, 3.8) is 0 Å². The van der Waals surface area contributed by atoms with E-state index >= 15 is 0 Å². The lowest BCUT2D eigenvalue weighted by Gasteiger charge is -2.30. The molecule has 0 fully saturated rings. The number of nitrogens with zero attached hydrogens (tertiary/aromatic N) is 2. The van der Waals surface area contributed by atoms with E-state index in [0.717, 1.165) is 11.1 Å². The minimum atomic E-state index is -3.72. The number of carbonyl (C=O) groups excluding carboxylic acids is 1. The Morgan fingerprint density at radius 2 is 1.56 bits per heavy atom. The van der Waals surface area contributed by atoms with E-state index in [4.69, 9.17) is 9.47 Å². The van der Waals surface area contributed by atoms with Gasteiger partial charge in [-0.05, 0) is 35.8 Å². The molecule has 1 amide bonds. The third-order valence-electron chi connectivity index (χ3n) is 6.19. The molecule has 168 valence electrons. The molecule has 0 radical (unpaired) electrons. The molecule has 8 nitrogen and oxygen atoms in total. The molecule has 3 aliphatic rings. The fraction of sp³-hybridized carbons (Fsp3) is 0.348. The monoisotopic (exact) mass is 456 g/mol. The summed E-state index contributed by atoms with van der Waals surface area (Å²) in [5, 5.41) is 10.9. The van der Waals surface area contributed by atoms with Gasteiger partial charge >= 0.3 is 0 Å². The molecule has 5 rings (SSSR count). The quantitative estimate of drug-likeness (QED) is 0.701. The Morgan fingerprint density at radius 1 is 0.938 bits per heavy atom. The molecular formula is C23H24N2O6S. The topological polar surface area (TPSA) is 96.4 Å². The number of carbonyl (C=O) groups is 1. The lowest BCUT2D eigenvalue weighted by molar-refractivity contribution is -0.149. The standard InChI is InChI=1S/C23H24N2O6S/c1-23(27,18-5-3-2-4-6-18)22(26)24-12-16-14-25(15-17(16)13-24)32(28,29)19-7-8-20-21(11-19)31-10-9-30-20/h2-8,11,27H,9-10,12-15H2,1H3/t23-/m1/s1. The van der Waals surface area contributed by atoms with Crippen LogP contribution in [0.15, 0.2) is 64.6 Å². The summed E-state index contributed by atoms with van der Waals surface area (Å²) >= 11 is 0. The van der Waals surface area contributed by atoms with Gasteiger partial charge in [-0.15, -0.1) is 0 Å².